The van der Waals surface area contributed by atoms with E-state index in [0.717, 1.165) is 23.7 Å². The molecule has 142 valence electrons. The van der Waals surface area contributed by atoms with Crippen LogP contribution in [-0.2, 0) is 4.74 Å². The summed E-state index contributed by atoms with van der Waals surface area (Å²) < 4.78 is 14.3. The lowest BCUT2D eigenvalue weighted by molar-refractivity contribution is -0.00304. The Labute approximate surface area is 162 Å². The minimum absolute atomic E-state index is 0.0630. The molecule has 4 aromatic rings. The number of nitrogens with zero attached hydrogens (tertiary/aromatic N) is 5. The van der Waals surface area contributed by atoms with Gasteiger partial charge in [0.05, 0.1) is 12.4 Å². The lowest BCUT2D eigenvalue weighted by Gasteiger charge is -2.14. The molecular formula is C21H21N5O2. The third-order valence-electron chi connectivity index (χ3n) is 5.38. The van der Waals surface area contributed by atoms with Crippen LogP contribution in [0.3, 0.4) is 0 Å². The molecule has 3 aromatic heterocycles. The average molecular weight is 375 g/mol. The number of benzene rings is 1. The normalized spacial score (nSPS) is 22.1. The first kappa shape index (κ1) is 17.1. The van der Waals surface area contributed by atoms with Crippen LogP contribution in [0.2, 0.25) is 0 Å². The summed E-state index contributed by atoms with van der Waals surface area (Å²) in [6.45, 7) is 4.38. The van der Waals surface area contributed by atoms with Gasteiger partial charge in [-0.1, -0.05) is 32.0 Å². The summed E-state index contributed by atoms with van der Waals surface area (Å²) in [6, 6.07) is 9.73. The third kappa shape index (κ3) is 2.79. The van der Waals surface area contributed by atoms with Crippen LogP contribution < -0.4 is 4.74 Å². The Balaban J connectivity index is 1.52. The summed E-state index contributed by atoms with van der Waals surface area (Å²) in [5.74, 6) is 1.57. The maximum Gasteiger partial charge on any atom is 0.251 e. The molecule has 5 rings (SSSR count). The van der Waals surface area contributed by atoms with Crippen LogP contribution in [-0.4, -0.2) is 30.6 Å². The molecule has 1 aliphatic heterocycles. The van der Waals surface area contributed by atoms with Gasteiger partial charge in [0.2, 0.25) is 0 Å². The van der Waals surface area contributed by atoms with Crippen molar-refractivity contribution in [1.29, 1.82) is 0 Å². The van der Waals surface area contributed by atoms with Gasteiger partial charge in [-0.05, 0) is 30.9 Å². The van der Waals surface area contributed by atoms with E-state index >= 15 is 0 Å². The number of pyridine rings is 1. The third-order valence-corrected chi connectivity index (χ3v) is 5.38. The molecule has 4 heterocycles. The van der Waals surface area contributed by atoms with Crippen molar-refractivity contribution in [1.82, 2.24) is 24.5 Å². The van der Waals surface area contributed by atoms with Gasteiger partial charge >= 0.3 is 0 Å². The van der Waals surface area contributed by atoms with Crippen LogP contribution in [0, 0.1) is 5.92 Å². The maximum atomic E-state index is 6.20. The van der Waals surface area contributed by atoms with Crippen molar-refractivity contribution in [2.75, 3.05) is 0 Å². The number of hydrogen-bond acceptors (Lipinski definition) is 6. The number of hydrogen-bond donors (Lipinski definition) is 0. The molecule has 0 bridgehead atoms. The highest BCUT2D eigenvalue weighted by atomic mass is 16.5. The van der Waals surface area contributed by atoms with Crippen LogP contribution in [0.5, 0.6) is 11.6 Å². The number of rotatable bonds is 4. The fraction of sp³-hybridized carbons (Fsp3) is 0.333. The molecule has 1 unspecified atom stereocenters. The van der Waals surface area contributed by atoms with E-state index in [0.29, 0.717) is 28.7 Å². The molecule has 0 aliphatic carbocycles. The lowest BCUT2D eigenvalue weighted by atomic mass is 10.0. The van der Waals surface area contributed by atoms with E-state index in [2.05, 4.69) is 33.8 Å². The molecule has 0 spiro atoms. The van der Waals surface area contributed by atoms with Crippen molar-refractivity contribution in [3.63, 3.8) is 0 Å². The van der Waals surface area contributed by atoms with Gasteiger partial charge in [-0.3, -0.25) is 9.55 Å². The highest BCUT2D eigenvalue weighted by Gasteiger charge is 2.33. The molecule has 0 radical (unpaired) electrons. The first-order chi connectivity index (χ1) is 13.7. The van der Waals surface area contributed by atoms with Gasteiger partial charge in [-0.15, -0.1) is 0 Å². The van der Waals surface area contributed by atoms with Crippen molar-refractivity contribution in [2.24, 2.45) is 5.92 Å². The van der Waals surface area contributed by atoms with E-state index in [9.17, 15) is 0 Å². The largest absolute Gasteiger partial charge is 0.435 e. The summed E-state index contributed by atoms with van der Waals surface area (Å²) >= 11 is 0. The molecular weight excluding hydrogens is 354 g/mol. The van der Waals surface area contributed by atoms with Gasteiger partial charge < -0.3 is 9.47 Å². The van der Waals surface area contributed by atoms with Crippen LogP contribution >= 0.6 is 0 Å². The molecule has 7 heteroatoms. The summed E-state index contributed by atoms with van der Waals surface area (Å²) in [5.41, 5.74) is 2.12. The lowest BCUT2D eigenvalue weighted by Crippen LogP contribution is -2.12. The van der Waals surface area contributed by atoms with Crippen molar-refractivity contribution in [3.05, 3.63) is 49.2 Å². The minimum Gasteiger partial charge on any atom is -0.435 e. The fourth-order valence-corrected chi connectivity index (χ4v) is 3.92. The molecule has 1 aromatic carbocycles. The smallest absolute Gasteiger partial charge is 0.251 e. The Morgan fingerprint density at radius 3 is 2.86 bits per heavy atom. The maximum absolute atomic E-state index is 6.20. The highest BCUT2D eigenvalue weighted by Crippen LogP contribution is 2.37. The van der Waals surface area contributed by atoms with Gasteiger partial charge in [0.15, 0.2) is 16.9 Å². The van der Waals surface area contributed by atoms with Crippen LogP contribution in [0.1, 0.15) is 32.9 Å². The summed E-state index contributed by atoms with van der Waals surface area (Å²) in [7, 11) is 0. The van der Waals surface area contributed by atoms with Gasteiger partial charge in [-0.25, -0.2) is 9.97 Å². The second kappa shape index (κ2) is 6.83. The van der Waals surface area contributed by atoms with Crippen molar-refractivity contribution < 1.29 is 9.47 Å². The fourth-order valence-electron chi connectivity index (χ4n) is 3.92. The molecule has 0 amide bonds. The summed E-state index contributed by atoms with van der Waals surface area (Å²) in [4.78, 5) is 17.7. The van der Waals surface area contributed by atoms with Crippen molar-refractivity contribution in [2.45, 2.75) is 39.0 Å². The molecule has 7 nitrogen and oxygen atoms in total. The minimum atomic E-state index is -0.0630. The number of imidazole rings is 1. The predicted octanol–water partition coefficient (Wildman–Crippen LogP) is 4.50. The number of aromatic nitrogens is 5. The Kier molecular flexibility index (Phi) is 4.16. The zero-order valence-electron chi connectivity index (χ0n) is 15.8. The van der Waals surface area contributed by atoms with Crippen LogP contribution in [0.25, 0.3) is 22.1 Å². The number of ether oxygens (including phenoxy) is 2. The topological polar surface area (TPSA) is 75.0 Å². The first-order valence-corrected chi connectivity index (χ1v) is 9.59. The number of fused-ring (bicyclic) bond motifs is 2. The molecule has 0 N–H and O–H groups in total. The molecule has 1 fully saturated rings. The van der Waals surface area contributed by atoms with Crippen LogP contribution in [0.15, 0.2) is 49.2 Å². The molecule has 1 saturated heterocycles. The first-order valence-electron chi connectivity index (χ1n) is 9.59. The second-order valence-corrected chi connectivity index (χ2v) is 7.19. The van der Waals surface area contributed by atoms with Gasteiger partial charge in [-0.2, -0.15) is 4.98 Å². The standard InChI is InChI=1S/C21H21N5O2/c1-3-15-13(2)10-17(27-15)26-12-25-19-20(26)23-11-24-21(19)28-16-8-4-6-14-7-5-9-22-18(14)16/h4-9,11-13,15,17H,3,10H2,1-2H3/t13?,15-,17-/m1/s1. The zero-order valence-corrected chi connectivity index (χ0v) is 15.8. The van der Waals surface area contributed by atoms with Gasteiger partial charge in [0, 0.05) is 11.6 Å². The van der Waals surface area contributed by atoms with Gasteiger partial charge in [0.25, 0.3) is 5.88 Å². The van der Waals surface area contributed by atoms with Crippen molar-refractivity contribution >= 4 is 22.1 Å². The van der Waals surface area contributed by atoms with E-state index in [-0.39, 0.29) is 12.3 Å². The van der Waals surface area contributed by atoms with E-state index in [1.807, 2.05) is 34.9 Å². The quantitative estimate of drug-likeness (QED) is 0.523. The van der Waals surface area contributed by atoms with E-state index in [1.54, 1.807) is 12.5 Å². The second-order valence-electron chi connectivity index (χ2n) is 7.19. The average Bonchev–Trinajstić information content (AvgIpc) is 3.32. The van der Waals surface area contributed by atoms with Crippen molar-refractivity contribution in [3.8, 4) is 11.6 Å². The molecule has 1 aliphatic rings. The summed E-state index contributed by atoms with van der Waals surface area (Å²) in [6.07, 6.45) is 7.17. The Bertz CT molecular complexity index is 1140. The molecule has 28 heavy (non-hydrogen) atoms. The summed E-state index contributed by atoms with van der Waals surface area (Å²) in [5, 5.41) is 1.01. The molecule has 0 saturated carbocycles. The zero-order chi connectivity index (χ0) is 19.1. The Hall–Kier alpha value is -3.06. The van der Waals surface area contributed by atoms with E-state index in [1.165, 1.54) is 6.33 Å². The number of para-hydroxylation sites is 1. The SMILES string of the molecule is CC[C@H]1O[C@@H](n2cnc3c(Oc4cccc5cccnc45)ncnc32)CC1C. The van der Waals surface area contributed by atoms with E-state index < -0.39 is 0 Å². The van der Waals surface area contributed by atoms with E-state index in [4.69, 9.17) is 9.47 Å². The highest BCUT2D eigenvalue weighted by molar-refractivity contribution is 5.85. The monoisotopic (exact) mass is 375 g/mol. The Morgan fingerprint density at radius 2 is 2.00 bits per heavy atom. The Morgan fingerprint density at radius 1 is 1.11 bits per heavy atom. The van der Waals surface area contributed by atoms with Gasteiger partial charge in [0.1, 0.15) is 18.1 Å². The molecule has 3 atom stereocenters. The van der Waals surface area contributed by atoms with Crippen LogP contribution in [0.4, 0.5) is 0 Å². The predicted molar refractivity (Wildman–Crippen MR) is 105 cm³/mol.